The normalized spacial score (nSPS) is 18.1. The smallest absolute Gasteiger partial charge is 0.237 e. The molecule has 2 atom stereocenters. The molecule has 122 valence electrons. The van der Waals surface area contributed by atoms with Crippen LogP contribution in [0.15, 0.2) is 30.3 Å². The van der Waals surface area contributed by atoms with E-state index in [0.717, 1.165) is 25.3 Å². The highest BCUT2D eigenvalue weighted by molar-refractivity contribution is 7.98. The maximum Gasteiger partial charge on any atom is 0.237 e. The summed E-state index contributed by atoms with van der Waals surface area (Å²) in [5, 5.41) is 3.05. The second kappa shape index (κ2) is 9.18. The third-order valence-corrected chi connectivity index (χ3v) is 4.85. The van der Waals surface area contributed by atoms with Crippen LogP contribution in [-0.2, 0) is 4.79 Å². The Balaban J connectivity index is 1.94. The van der Waals surface area contributed by atoms with Crippen LogP contribution in [0.4, 0.5) is 0 Å². The minimum absolute atomic E-state index is 0.0332. The summed E-state index contributed by atoms with van der Waals surface area (Å²) in [7, 11) is 0. The Kier molecular flexibility index (Phi) is 7.22. The Hall–Kier alpha value is -1.04. The zero-order chi connectivity index (χ0) is 15.8. The van der Waals surface area contributed by atoms with Gasteiger partial charge in [-0.15, -0.1) is 0 Å². The minimum Gasteiger partial charge on any atom is -0.353 e. The molecule has 1 saturated heterocycles. The molecule has 0 aromatic heterocycles. The van der Waals surface area contributed by atoms with Crippen molar-refractivity contribution in [3.05, 3.63) is 35.9 Å². The van der Waals surface area contributed by atoms with E-state index in [2.05, 4.69) is 34.5 Å². The lowest BCUT2D eigenvalue weighted by Gasteiger charge is -2.28. The minimum atomic E-state index is -0.401. The number of benzene rings is 1. The molecule has 0 spiro atoms. The third-order valence-electron chi connectivity index (χ3n) is 4.21. The predicted octanol–water partition coefficient (Wildman–Crippen LogP) is 2.02. The van der Waals surface area contributed by atoms with Crippen LogP contribution in [0.5, 0.6) is 0 Å². The molecule has 0 aliphatic carbocycles. The van der Waals surface area contributed by atoms with Gasteiger partial charge in [0.2, 0.25) is 5.91 Å². The van der Waals surface area contributed by atoms with E-state index in [1.807, 2.05) is 12.3 Å². The molecule has 0 bridgehead atoms. The number of hydrogen-bond acceptors (Lipinski definition) is 4. The molecule has 5 heteroatoms. The summed E-state index contributed by atoms with van der Waals surface area (Å²) in [4.78, 5) is 14.6. The van der Waals surface area contributed by atoms with Crippen molar-refractivity contribution in [1.29, 1.82) is 0 Å². The fourth-order valence-electron chi connectivity index (χ4n) is 2.89. The first-order chi connectivity index (χ1) is 10.7. The monoisotopic (exact) mass is 321 g/mol. The number of nitrogens with zero attached hydrogens (tertiary/aromatic N) is 1. The van der Waals surface area contributed by atoms with Crippen LogP contribution < -0.4 is 11.1 Å². The molecule has 22 heavy (non-hydrogen) atoms. The van der Waals surface area contributed by atoms with Crippen LogP contribution >= 0.6 is 11.8 Å². The van der Waals surface area contributed by atoms with Crippen molar-refractivity contribution in [1.82, 2.24) is 10.2 Å². The standard InChI is InChI=1S/C17H27N3OS/c1-22-12-9-15(18)17(21)19-13-16(20-10-5-6-11-20)14-7-3-2-4-8-14/h2-4,7-8,15-16H,5-6,9-13,18H2,1H3,(H,19,21)/t15-,16?/m0/s1. The Bertz CT molecular complexity index is 448. The molecule has 1 aliphatic rings. The zero-order valence-electron chi connectivity index (χ0n) is 13.3. The number of carbonyl (C=O) groups excluding carboxylic acids is 1. The SMILES string of the molecule is CSCC[C@H](N)C(=O)NCC(c1ccccc1)N1CCCC1. The molecular formula is C17H27N3OS. The van der Waals surface area contributed by atoms with Crippen molar-refractivity contribution in [2.75, 3.05) is 31.6 Å². The van der Waals surface area contributed by atoms with Crippen molar-refractivity contribution in [3.8, 4) is 0 Å². The van der Waals surface area contributed by atoms with Crippen molar-refractivity contribution >= 4 is 17.7 Å². The summed E-state index contributed by atoms with van der Waals surface area (Å²) in [5.41, 5.74) is 7.21. The largest absolute Gasteiger partial charge is 0.353 e. The summed E-state index contributed by atoms with van der Waals surface area (Å²) in [6.07, 6.45) is 5.24. The van der Waals surface area contributed by atoms with Crippen LogP contribution in [0.25, 0.3) is 0 Å². The third kappa shape index (κ3) is 5.00. The Morgan fingerprint density at radius 3 is 2.64 bits per heavy atom. The van der Waals surface area contributed by atoms with E-state index in [4.69, 9.17) is 5.73 Å². The van der Waals surface area contributed by atoms with E-state index in [-0.39, 0.29) is 11.9 Å². The molecule has 2 rings (SSSR count). The first kappa shape index (κ1) is 17.3. The molecular weight excluding hydrogens is 294 g/mol. The van der Waals surface area contributed by atoms with Gasteiger partial charge in [0.25, 0.3) is 0 Å². The van der Waals surface area contributed by atoms with E-state index >= 15 is 0 Å². The Labute approximate surface area is 137 Å². The highest BCUT2D eigenvalue weighted by Crippen LogP contribution is 2.24. The van der Waals surface area contributed by atoms with E-state index in [1.165, 1.54) is 18.4 Å². The number of thioether (sulfide) groups is 1. The van der Waals surface area contributed by atoms with E-state index in [9.17, 15) is 4.79 Å². The van der Waals surface area contributed by atoms with Crippen molar-refractivity contribution in [3.63, 3.8) is 0 Å². The van der Waals surface area contributed by atoms with Gasteiger partial charge in [-0.05, 0) is 49.9 Å². The fourth-order valence-corrected chi connectivity index (χ4v) is 3.38. The molecule has 4 nitrogen and oxygen atoms in total. The second-order valence-corrected chi connectivity index (χ2v) is 6.79. The molecule has 0 saturated carbocycles. The van der Waals surface area contributed by atoms with E-state index in [0.29, 0.717) is 6.54 Å². The van der Waals surface area contributed by atoms with Gasteiger partial charge in [-0.3, -0.25) is 9.69 Å². The summed E-state index contributed by atoms with van der Waals surface area (Å²) >= 11 is 1.72. The van der Waals surface area contributed by atoms with E-state index < -0.39 is 6.04 Å². The van der Waals surface area contributed by atoms with E-state index in [1.54, 1.807) is 11.8 Å². The van der Waals surface area contributed by atoms with Gasteiger partial charge in [-0.2, -0.15) is 11.8 Å². The number of carbonyl (C=O) groups is 1. The predicted molar refractivity (Wildman–Crippen MR) is 94.0 cm³/mol. The van der Waals surface area contributed by atoms with Crippen LogP contribution in [0.3, 0.4) is 0 Å². The van der Waals surface area contributed by atoms with Gasteiger partial charge in [0, 0.05) is 6.54 Å². The molecule has 3 N–H and O–H groups in total. The molecule has 1 fully saturated rings. The summed E-state index contributed by atoms with van der Waals surface area (Å²) in [6, 6.07) is 10.3. The highest BCUT2D eigenvalue weighted by atomic mass is 32.2. The van der Waals surface area contributed by atoms with Crippen LogP contribution in [0.1, 0.15) is 30.9 Å². The topological polar surface area (TPSA) is 58.4 Å². The first-order valence-electron chi connectivity index (χ1n) is 8.03. The van der Waals surface area contributed by atoms with Gasteiger partial charge in [-0.1, -0.05) is 30.3 Å². The van der Waals surface area contributed by atoms with Crippen LogP contribution in [0.2, 0.25) is 0 Å². The maximum absolute atomic E-state index is 12.1. The zero-order valence-corrected chi connectivity index (χ0v) is 14.1. The first-order valence-corrected chi connectivity index (χ1v) is 9.43. The number of amides is 1. The lowest BCUT2D eigenvalue weighted by molar-refractivity contribution is -0.122. The fraction of sp³-hybridized carbons (Fsp3) is 0.588. The number of nitrogens with two attached hydrogens (primary N) is 1. The average Bonchev–Trinajstić information content (AvgIpc) is 3.08. The number of hydrogen-bond donors (Lipinski definition) is 2. The van der Waals surface area contributed by atoms with Crippen LogP contribution in [0, 0.1) is 0 Å². The summed E-state index contributed by atoms with van der Waals surface area (Å²) in [6.45, 7) is 2.84. The Morgan fingerprint density at radius 1 is 1.32 bits per heavy atom. The van der Waals surface area contributed by atoms with Gasteiger partial charge in [0.05, 0.1) is 12.1 Å². The molecule has 0 radical (unpaired) electrons. The molecule has 1 aromatic carbocycles. The number of rotatable bonds is 8. The van der Waals surface area contributed by atoms with Gasteiger partial charge < -0.3 is 11.1 Å². The van der Waals surface area contributed by atoms with Crippen molar-refractivity contribution in [2.24, 2.45) is 5.73 Å². The van der Waals surface area contributed by atoms with Crippen molar-refractivity contribution < 1.29 is 4.79 Å². The van der Waals surface area contributed by atoms with Gasteiger partial charge in [0.15, 0.2) is 0 Å². The summed E-state index contributed by atoms with van der Waals surface area (Å²) in [5.74, 6) is 0.886. The summed E-state index contributed by atoms with van der Waals surface area (Å²) < 4.78 is 0. The lowest BCUT2D eigenvalue weighted by Crippen LogP contribution is -2.44. The highest BCUT2D eigenvalue weighted by Gasteiger charge is 2.24. The molecule has 1 aromatic rings. The van der Waals surface area contributed by atoms with Crippen molar-refractivity contribution in [2.45, 2.75) is 31.3 Å². The second-order valence-electron chi connectivity index (χ2n) is 5.80. The molecule has 1 amide bonds. The van der Waals surface area contributed by atoms with Gasteiger partial charge in [-0.25, -0.2) is 0 Å². The quantitative estimate of drug-likeness (QED) is 0.769. The van der Waals surface area contributed by atoms with Gasteiger partial charge >= 0.3 is 0 Å². The lowest BCUT2D eigenvalue weighted by atomic mass is 10.1. The Morgan fingerprint density at radius 2 is 2.00 bits per heavy atom. The molecule has 1 heterocycles. The maximum atomic E-state index is 12.1. The number of likely N-dealkylation sites (tertiary alicyclic amines) is 1. The molecule has 1 unspecified atom stereocenters. The van der Waals surface area contributed by atoms with Gasteiger partial charge in [0.1, 0.15) is 0 Å². The number of nitrogens with one attached hydrogen (secondary N) is 1. The average molecular weight is 321 g/mol. The van der Waals surface area contributed by atoms with Crippen LogP contribution in [-0.4, -0.2) is 48.5 Å². The molecule has 1 aliphatic heterocycles.